The minimum Gasteiger partial charge on any atom is -0.466 e. The molecule has 5 rings (SSSR count). The molecule has 2 aromatic heterocycles. The molecule has 38 heavy (non-hydrogen) atoms. The number of esters is 1. The van der Waals surface area contributed by atoms with E-state index < -0.39 is 0 Å². The number of likely N-dealkylation sites (tertiary alicyclic amines) is 1. The smallest absolute Gasteiger partial charge is 0.310 e. The number of carbonyl (C=O) groups excluding carboxylic acids is 2. The normalized spacial score (nSPS) is 13.6. The Morgan fingerprint density at radius 2 is 1.87 bits per heavy atom. The van der Waals surface area contributed by atoms with Crippen molar-refractivity contribution in [1.29, 1.82) is 0 Å². The molecule has 9 heteroatoms. The summed E-state index contributed by atoms with van der Waals surface area (Å²) in [4.78, 5) is 32.9. The van der Waals surface area contributed by atoms with Crippen LogP contribution in [-0.4, -0.2) is 51.1 Å². The Labute approximate surface area is 221 Å². The predicted molar refractivity (Wildman–Crippen MR) is 146 cm³/mol. The standard InChI is InChI=1S/C29H32N6O3/c1-2-38-26(36)17-21-9-3-4-11-24(21)31-29(37)27-25-13-12-23(19-34-14-5-6-15-34)35(25)33-28(32-27)22-10-7-8-20(16-22)18-30/h3-4,7-13,16H,2,5-6,14-15,17-19,30H2,1H3,(H,31,37). The Bertz CT molecular complexity index is 1460. The Balaban J connectivity index is 1.54. The maximum Gasteiger partial charge on any atom is 0.310 e. The second-order valence-corrected chi connectivity index (χ2v) is 9.39. The van der Waals surface area contributed by atoms with Gasteiger partial charge in [-0.25, -0.2) is 9.50 Å². The van der Waals surface area contributed by atoms with Crippen LogP contribution in [0, 0.1) is 0 Å². The molecule has 3 heterocycles. The van der Waals surface area contributed by atoms with Gasteiger partial charge in [0, 0.05) is 24.3 Å². The lowest BCUT2D eigenvalue weighted by atomic mass is 10.1. The van der Waals surface area contributed by atoms with Gasteiger partial charge in [-0.15, -0.1) is 5.10 Å². The molecule has 0 saturated carbocycles. The summed E-state index contributed by atoms with van der Waals surface area (Å²) in [7, 11) is 0. The molecule has 0 atom stereocenters. The molecule has 0 radical (unpaired) electrons. The zero-order valence-corrected chi connectivity index (χ0v) is 21.5. The number of ether oxygens (including phenoxy) is 1. The Hall–Kier alpha value is -4.08. The van der Waals surface area contributed by atoms with Gasteiger partial charge in [0.1, 0.15) is 0 Å². The van der Waals surface area contributed by atoms with E-state index >= 15 is 0 Å². The third kappa shape index (κ3) is 5.58. The number of nitrogens with one attached hydrogen (secondary N) is 1. The van der Waals surface area contributed by atoms with Crippen LogP contribution in [0.15, 0.2) is 60.7 Å². The van der Waals surface area contributed by atoms with Gasteiger partial charge in [0.05, 0.1) is 24.2 Å². The summed E-state index contributed by atoms with van der Waals surface area (Å²) in [5, 5.41) is 7.82. The first-order chi connectivity index (χ1) is 18.6. The Kier molecular flexibility index (Phi) is 7.76. The molecule has 0 bridgehead atoms. The highest BCUT2D eigenvalue weighted by Crippen LogP contribution is 2.24. The highest BCUT2D eigenvalue weighted by molar-refractivity contribution is 6.08. The van der Waals surface area contributed by atoms with Crippen molar-refractivity contribution in [2.75, 3.05) is 25.0 Å². The van der Waals surface area contributed by atoms with Gasteiger partial charge < -0.3 is 15.8 Å². The van der Waals surface area contributed by atoms with Crippen molar-refractivity contribution in [3.8, 4) is 11.4 Å². The lowest BCUT2D eigenvalue weighted by Crippen LogP contribution is -2.21. The van der Waals surface area contributed by atoms with Gasteiger partial charge in [-0.3, -0.25) is 14.5 Å². The third-order valence-corrected chi connectivity index (χ3v) is 6.71. The van der Waals surface area contributed by atoms with Crippen molar-refractivity contribution >= 4 is 23.1 Å². The molecule has 4 aromatic rings. The largest absolute Gasteiger partial charge is 0.466 e. The van der Waals surface area contributed by atoms with Gasteiger partial charge in [0.25, 0.3) is 5.91 Å². The number of fused-ring (bicyclic) bond motifs is 1. The lowest BCUT2D eigenvalue weighted by Gasteiger charge is -2.15. The first-order valence-electron chi connectivity index (χ1n) is 13.0. The van der Waals surface area contributed by atoms with Gasteiger partial charge >= 0.3 is 5.97 Å². The van der Waals surface area contributed by atoms with Crippen LogP contribution in [0.5, 0.6) is 0 Å². The second-order valence-electron chi connectivity index (χ2n) is 9.39. The molecule has 3 N–H and O–H groups in total. The van der Waals surface area contributed by atoms with E-state index in [1.165, 1.54) is 12.8 Å². The number of hydrogen-bond acceptors (Lipinski definition) is 7. The Morgan fingerprint density at radius 1 is 1.05 bits per heavy atom. The zero-order valence-electron chi connectivity index (χ0n) is 21.5. The number of hydrogen-bond donors (Lipinski definition) is 2. The molecule has 1 aliphatic heterocycles. The van der Waals surface area contributed by atoms with E-state index in [-0.39, 0.29) is 24.0 Å². The van der Waals surface area contributed by atoms with Crippen molar-refractivity contribution in [3.63, 3.8) is 0 Å². The molecule has 196 valence electrons. The first-order valence-corrected chi connectivity index (χ1v) is 13.0. The SMILES string of the molecule is CCOC(=O)Cc1ccccc1NC(=O)c1nc(-c2cccc(CN)c2)nn2c(CN3CCCC3)ccc12. The monoisotopic (exact) mass is 512 g/mol. The van der Waals surface area contributed by atoms with Crippen molar-refractivity contribution in [2.24, 2.45) is 5.73 Å². The summed E-state index contributed by atoms with van der Waals surface area (Å²) >= 11 is 0. The number of amides is 1. The molecule has 1 saturated heterocycles. The van der Waals surface area contributed by atoms with Crippen LogP contribution in [0.4, 0.5) is 5.69 Å². The minimum atomic E-state index is -0.379. The van der Waals surface area contributed by atoms with Crippen molar-refractivity contribution in [3.05, 3.63) is 83.2 Å². The first kappa shape index (κ1) is 25.6. The van der Waals surface area contributed by atoms with Gasteiger partial charge in [-0.2, -0.15) is 0 Å². The van der Waals surface area contributed by atoms with E-state index in [1.54, 1.807) is 19.1 Å². The summed E-state index contributed by atoms with van der Waals surface area (Å²) in [6, 6.07) is 18.8. The molecule has 0 spiro atoms. The predicted octanol–water partition coefficient (Wildman–Crippen LogP) is 3.81. The molecule has 2 aromatic carbocycles. The quantitative estimate of drug-likeness (QED) is 0.328. The lowest BCUT2D eigenvalue weighted by molar-refractivity contribution is -0.142. The highest BCUT2D eigenvalue weighted by atomic mass is 16.5. The average Bonchev–Trinajstić information content (AvgIpc) is 3.60. The van der Waals surface area contributed by atoms with Gasteiger partial charge in [-0.1, -0.05) is 36.4 Å². The number of anilines is 1. The molecule has 0 aliphatic carbocycles. The zero-order chi connectivity index (χ0) is 26.5. The molecule has 1 amide bonds. The Morgan fingerprint density at radius 3 is 2.66 bits per heavy atom. The van der Waals surface area contributed by atoms with Crippen LogP contribution in [0.2, 0.25) is 0 Å². The van der Waals surface area contributed by atoms with Crippen LogP contribution in [0.3, 0.4) is 0 Å². The van der Waals surface area contributed by atoms with E-state index in [4.69, 9.17) is 20.6 Å². The van der Waals surface area contributed by atoms with Gasteiger partial charge in [0.2, 0.25) is 0 Å². The van der Waals surface area contributed by atoms with E-state index in [9.17, 15) is 9.59 Å². The second kappa shape index (κ2) is 11.5. The summed E-state index contributed by atoms with van der Waals surface area (Å²) in [5.74, 6) is -0.286. The number of rotatable bonds is 9. The number of nitrogens with zero attached hydrogens (tertiary/aromatic N) is 4. The van der Waals surface area contributed by atoms with Crippen LogP contribution < -0.4 is 11.1 Å². The molecular weight excluding hydrogens is 480 g/mol. The number of para-hydroxylation sites is 1. The summed E-state index contributed by atoms with van der Waals surface area (Å²) < 4.78 is 6.93. The van der Waals surface area contributed by atoms with E-state index in [1.807, 2.05) is 53.0 Å². The molecule has 0 unspecified atom stereocenters. The molecule has 9 nitrogen and oxygen atoms in total. The average molecular weight is 513 g/mol. The molecule has 1 fully saturated rings. The fourth-order valence-electron chi connectivity index (χ4n) is 4.81. The summed E-state index contributed by atoms with van der Waals surface area (Å²) in [6.45, 7) is 5.31. The highest BCUT2D eigenvalue weighted by Gasteiger charge is 2.21. The minimum absolute atomic E-state index is 0.0612. The van der Waals surface area contributed by atoms with E-state index in [0.29, 0.717) is 35.7 Å². The van der Waals surface area contributed by atoms with Crippen LogP contribution in [0.25, 0.3) is 16.9 Å². The number of benzene rings is 2. The summed E-state index contributed by atoms with van der Waals surface area (Å²) in [6.07, 6.45) is 2.44. The van der Waals surface area contributed by atoms with Crippen molar-refractivity contribution in [2.45, 2.75) is 39.3 Å². The van der Waals surface area contributed by atoms with Crippen LogP contribution >= 0.6 is 0 Å². The number of aromatic nitrogens is 3. The number of nitrogens with two attached hydrogens (primary N) is 1. The van der Waals surface area contributed by atoms with Crippen LogP contribution in [0.1, 0.15) is 47.1 Å². The van der Waals surface area contributed by atoms with Gasteiger partial charge in [0.15, 0.2) is 11.5 Å². The maximum absolute atomic E-state index is 13.7. The fraction of sp³-hybridized carbons (Fsp3) is 0.310. The van der Waals surface area contributed by atoms with Crippen LogP contribution in [-0.2, 0) is 29.0 Å². The van der Waals surface area contributed by atoms with E-state index in [2.05, 4.69) is 10.2 Å². The van der Waals surface area contributed by atoms with Gasteiger partial charge in [-0.05, 0) is 68.2 Å². The molecule has 1 aliphatic rings. The number of carbonyl (C=O) groups is 2. The topological polar surface area (TPSA) is 115 Å². The summed E-state index contributed by atoms with van der Waals surface area (Å²) in [5.41, 5.74) is 10.7. The van der Waals surface area contributed by atoms with Crippen molar-refractivity contribution < 1.29 is 14.3 Å². The fourth-order valence-corrected chi connectivity index (χ4v) is 4.81. The molecular formula is C29H32N6O3. The van der Waals surface area contributed by atoms with Crippen molar-refractivity contribution in [1.82, 2.24) is 19.5 Å². The van der Waals surface area contributed by atoms with E-state index in [0.717, 1.165) is 36.5 Å². The third-order valence-electron chi connectivity index (χ3n) is 6.71. The maximum atomic E-state index is 13.7.